The van der Waals surface area contributed by atoms with Crippen LogP contribution in [0.3, 0.4) is 0 Å². The lowest BCUT2D eigenvalue weighted by Gasteiger charge is -2.19. The van der Waals surface area contributed by atoms with Crippen molar-refractivity contribution in [3.05, 3.63) is 27.8 Å². The molecule has 0 spiro atoms. The van der Waals surface area contributed by atoms with E-state index in [2.05, 4.69) is 17.6 Å². The molecule has 0 atom stereocenters. The Morgan fingerprint density at radius 1 is 1.38 bits per heavy atom. The van der Waals surface area contributed by atoms with Crippen molar-refractivity contribution in [2.45, 2.75) is 39.0 Å². The summed E-state index contributed by atoms with van der Waals surface area (Å²) in [6.45, 7) is 2.93. The molecule has 2 N–H and O–H groups in total. The molecule has 1 heterocycles. The highest BCUT2D eigenvalue weighted by molar-refractivity contribution is 5.95. The van der Waals surface area contributed by atoms with Crippen LogP contribution in [0.25, 0.3) is 0 Å². The van der Waals surface area contributed by atoms with E-state index in [1.54, 1.807) is 0 Å². The molecule has 0 aromatic heterocycles. The molecule has 0 saturated heterocycles. The lowest BCUT2D eigenvalue weighted by atomic mass is 10.00. The highest BCUT2D eigenvalue weighted by atomic mass is 16.6. The van der Waals surface area contributed by atoms with Crippen molar-refractivity contribution in [1.82, 2.24) is 0 Å². The van der Waals surface area contributed by atoms with Gasteiger partial charge in [0.15, 0.2) is 0 Å². The molecule has 1 amide bonds. The van der Waals surface area contributed by atoms with Gasteiger partial charge in [-0.3, -0.25) is 14.9 Å². The molecular weight excluding hydrogens is 270 g/mol. The molecule has 0 unspecified atom stereocenters. The Morgan fingerprint density at radius 2 is 2.14 bits per heavy atom. The van der Waals surface area contributed by atoms with Gasteiger partial charge in [0.2, 0.25) is 5.91 Å². The van der Waals surface area contributed by atoms with Gasteiger partial charge in [-0.15, -0.1) is 0 Å². The van der Waals surface area contributed by atoms with Crippen molar-refractivity contribution in [2.75, 3.05) is 17.2 Å². The zero-order valence-corrected chi connectivity index (χ0v) is 12.1. The van der Waals surface area contributed by atoms with Gasteiger partial charge in [0.05, 0.1) is 10.6 Å². The number of nitrogens with zero attached hydrogens (tertiary/aromatic N) is 1. The maximum atomic E-state index is 11.4. The van der Waals surface area contributed by atoms with Crippen molar-refractivity contribution >= 4 is 23.0 Å². The van der Waals surface area contributed by atoms with Crippen LogP contribution in [-0.4, -0.2) is 17.4 Å². The number of amides is 1. The Hall–Kier alpha value is -2.11. The normalized spacial score (nSPS) is 18.6. The second kappa shape index (κ2) is 5.02. The summed E-state index contributed by atoms with van der Waals surface area (Å²) in [7, 11) is 0. The monoisotopic (exact) mass is 289 g/mol. The average Bonchev–Trinajstić information content (AvgIpc) is 3.24. The summed E-state index contributed by atoms with van der Waals surface area (Å²) in [5, 5.41) is 17.2. The summed E-state index contributed by atoms with van der Waals surface area (Å²) in [5.41, 5.74) is 2.44. The third-order valence-corrected chi connectivity index (χ3v) is 4.67. The summed E-state index contributed by atoms with van der Waals surface area (Å²) in [6.07, 6.45) is 4.53. The molecule has 6 heteroatoms. The lowest BCUT2D eigenvalue weighted by Crippen LogP contribution is -2.20. The van der Waals surface area contributed by atoms with Crippen LogP contribution in [0.15, 0.2) is 12.1 Å². The summed E-state index contributed by atoms with van der Waals surface area (Å²) in [6, 6.07) is 3.29. The lowest BCUT2D eigenvalue weighted by molar-refractivity contribution is -0.383. The second-order valence-electron chi connectivity index (χ2n) is 6.04. The number of nitro benzene ring substituents is 1. The summed E-state index contributed by atoms with van der Waals surface area (Å²) in [4.78, 5) is 22.3. The van der Waals surface area contributed by atoms with E-state index in [4.69, 9.17) is 0 Å². The number of nitrogens with one attached hydrogen (secondary N) is 2. The molecule has 6 nitrogen and oxygen atoms in total. The van der Waals surface area contributed by atoms with Crippen LogP contribution in [0.2, 0.25) is 0 Å². The minimum atomic E-state index is -0.394. The van der Waals surface area contributed by atoms with Gasteiger partial charge >= 0.3 is 0 Å². The van der Waals surface area contributed by atoms with Crippen LogP contribution >= 0.6 is 0 Å². The van der Waals surface area contributed by atoms with E-state index in [0.717, 1.165) is 18.5 Å². The number of carbonyl (C=O) groups is 1. The third kappa shape index (κ3) is 2.70. The summed E-state index contributed by atoms with van der Waals surface area (Å²) < 4.78 is 0. The van der Waals surface area contributed by atoms with E-state index < -0.39 is 4.92 Å². The van der Waals surface area contributed by atoms with E-state index in [-0.39, 0.29) is 11.6 Å². The van der Waals surface area contributed by atoms with Crippen LogP contribution in [-0.2, 0) is 11.2 Å². The number of fused-ring (bicyclic) bond motifs is 1. The SMILES string of the molecule is CCC1(CNc2cc3c(cc2[N+](=O)[O-])NC(=O)CC3)CC1. The van der Waals surface area contributed by atoms with Crippen LogP contribution in [0, 0.1) is 15.5 Å². The van der Waals surface area contributed by atoms with Crippen LogP contribution < -0.4 is 10.6 Å². The number of rotatable bonds is 5. The van der Waals surface area contributed by atoms with Gasteiger partial charge in [-0.25, -0.2) is 0 Å². The van der Waals surface area contributed by atoms with Crippen molar-refractivity contribution in [3.8, 4) is 0 Å². The third-order valence-electron chi connectivity index (χ3n) is 4.67. The molecule has 1 saturated carbocycles. The van der Waals surface area contributed by atoms with Gasteiger partial charge in [-0.1, -0.05) is 6.92 Å². The number of carbonyl (C=O) groups excluding carboxylic acids is 1. The molecule has 1 aliphatic carbocycles. The molecule has 3 rings (SSSR count). The summed E-state index contributed by atoms with van der Waals surface area (Å²) in [5.74, 6) is -0.0829. The number of hydrogen-bond donors (Lipinski definition) is 2. The molecule has 1 fully saturated rings. The Bertz CT molecular complexity index is 608. The van der Waals surface area contributed by atoms with Gasteiger partial charge < -0.3 is 10.6 Å². The van der Waals surface area contributed by atoms with Gasteiger partial charge in [0, 0.05) is 19.0 Å². The minimum absolute atomic E-state index is 0.0304. The highest BCUT2D eigenvalue weighted by Gasteiger charge is 2.40. The number of anilines is 2. The maximum Gasteiger partial charge on any atom is 0.294 e. The molecule has 1 aromatic carbocycles. The first-order chi connectivity index (χ1) is 10.0. The van der Waals surface area contributed by atoms with Crippen LogP contribution in [0.4, 0.5) is 17.1 Å². The predicted octanol–water partition coefficient (Wildman–Crippen LogP) is 3.08. The van der Waals surface area contributed by atoms with Gasteiger partial charge in [-0.05, 0) is 42.7 Å². The fourth-order valence-corrected chi connectivity index (χ4v) is 2.82. The Balaban J connectivity index is 1.87. The standard InChI is InChI=1S/C15H19N3O3/c1-2-15(5-6-15)9-16-12-7-10-3-4-14(19)17-11(10)8-13(12)18(20)21/h7-8,16H,2-6,9H2,1H3,(H,17,19). The first-order valence-electron chi connectivity index (χ1n) is 7.38. The largest absolute Gasteiger partial charge is 0.379 e. The topological polar surface area (TPSA) is 84.3 Å². The number of hydrogen-bond acceptors (Lipinski definition) is 4. The number of nitro groups is 1. The highest BCUT2D eigenvalue weighted by Crippen LogP contribution is 2.49. The average molecular weight is 289 g/mol. The Labute approximate surface area is 123 Å². The van der Waals surface area contributed by atoms with Crippen molar-refractivity contribution in [2.24, 2.45) is 5.41 Å². The molecule has 21 heavy (non-hydrogen) atoms. The fourth-order valence-electron chi connectivity index (χ4n) is 2.82. The van der Waals surface area contributed by atoms with E-state index in [1.165, 1.54) is 18.9 Å². The van der Waals surface area contributed by atoms with E-state index in [0.29, 0.717) is 29.6 Å². The summed E-state index contributed by atoms with van der Waals surface area (Å²) >= 11 is 0. The first-order valence-corrected chi connectivity index (χ1v) is 7.38. The zero-order chi connectivity index (χ0) is 15.0. The van der Waals surface area contributed by atoms with Crippen molar-refractivity contribution in [1.29, 1.82) is 0 Å². The molecule has 2 aliphatic rings. The zero-order valence-electron chi connectivity index (χ0n) is 12.1. The molecule has 0 radical (unpaired) electrons. The van der Waals surface area contributed by atoms with Crippen LogP contribution in [0.1, 0.15) is 38.2 Å². The Kier molecular flexibility index (Phi) is 3.31. The first kappa shape index (κ1) is 13.9. The molecule has 1 aliphatic heterocycles. The van der Waals surface area contributed by atoms with E-state index in [9.17, 15) is 14.9 Å². The van der Waals surface area contributed by atoms with Crippen molar-refractivity contribution in [3.63, 3.8) is 0 Å². The Morgan fingerprint density at radius 3 is 2.76 bits per heavy atom. The van der Waals surface area contributed by atoms with Crippen LogP contribution in [0.5, 0.6) is 0 Å². The number of aryl methyl sites for hydroxylation is 1. The molecule has 112 valence electrons. The van der Waals surface area contributed by atoms with Gasteiger partial charge in [0.1, 0.15) is 5.69 Å². The van der Waals surface area contributed by atoms with E-state index in [1.807, 2.05) is 6.07 Å². The van der Waals surface area contributed by atoms with Gasteiger partial charge in [-0.2, -0.15) is 0 Å². The fraction of sp³-hybridized carbons (Fsp3) is 0.533. The molecule has 0 bridgehead atoms. The second-order valence-corrected chi connectivity index (χ2v) is 6.04. The quantitative estimate of drug-likeness (QED) is 0.644. The minimum Gasteiger partial charge on any atom is -0.379 e. The molecular formula is C15H19N3O3. The smallest absolute Gasteiger partial charge is 0.294 e. The van der Waals surface area contributed by atoms with E-state index >= 15 is 0 Å². The predicted molar refractivity (Wildman–Crippen MR) is 80.5 cm³/mol. The molecule has 1 aromatic rings. The maximum absolute atomic E-state index is 11.4. The van der Waals surface area contributed by atoms with Crippen molar-refractivity contribution < 1.29 is 9.72 Å². The van der Waals surface area contributed by atoms with Gasteiger partial charge in [0.25, 0.3) is 5.69 Å². The number of benzene rings is 1.